The van der Waals surface area contributed by atoms with Crippen LogP contribution in [0.5, 0.6) is 0 Å². The standard InChI is InChI=1S/C16H33NO2/c1-6-17-14(10-18-5)11-19-16-9-13(4)7-8-15(16)12(2)3/h12-17H,6-11H2,1-5H3. The van der Waals surface area contributed by atoms with Gasteiger partial charge in [-0.1, -0.05) is 34.1 Å². The number of ether oxygens (including phenoxy) is 2. The SMILES string of the molecule is CCNC(COC)COC1CC(C)CCC1C(C)C. The molecule has 19 heavy (non-hydrogen) atoms. The van der Waals surface area contributed by atoms with Crippen LogP contribution in [0, 0.1) is 17.8 Å². The van der Waals surface area contributed by atoms with Gasteiger partial charge in [0.05, 0.1) is 25.4 Å². The highest BCUT2D eigenvalue weighted by Crippen LogP contribution is 2.35. The van der Waals surface area contributed by atoms with Gasteiger partial charge in [0, 0.05) is 7.11 Å². The third-order valence-corrected chi connectivity index (χ3v) is 4.33. The van der Waals surface area contributed by atoms with E-state index in [1.54, 1.807) is 7.11 Å². The Bertz CT molecular complexity index is 227. The smallest absolute Gasteiger partial charge is 0.0646 e. The topological polar surface area (TPSA) is 30.5 Å². The van der Waals surface area contributed by atoms with E-state index in [9.17, 15) is 0 Å². The zero-order valence-corrected chi connectivity index (χ0v) is 13.4. The predicted molar refractivity (Wildman–Crippen MR) is 80.4 cm³/mol. The molecule has 1 saturated carbocycles. The molecule has 1 aliphatic rings. The second kappa shape index (κ2) is 8.93. The molecule has 0 spiro atoms. The van der Waals surface area contributed by atoms with Crippen molar-refractivity contribution >= 4 is 0 Å². The van der Waals surface area contributed by atoms with Gasteiger partial charge >= 0.3 is 0 Å². The van der Waals surface area contributed by atoms with Gasteiger partial charge in [0.2, 0.25) is 0 Å². The molecule has 0 aromatic rings. The molecule has 0 amide bonds. The highest BCUT2D eigenvalue weighted by Gasteiger charge is 2.31. The minimum atomic E-state index is 0.319. The Morgan fingerprint density at radius 1 is 1.21 bits per heavy atom. The molecule has 0 heterocycles. The normalized spacial score (nSPS) is 29.7. The van der Waals surface area contributed by atoms with Gasteiger partial charge in [-0.2, -0.15) is 0 Å². The molecule has 4 atom stereocenters. The predicted octanol–water partition coefficient (Wildman–Crippen LogP) is 3.09. The second-order valence-corrected chi connectivity index (χ2v) is 6.41. The van der Waals surface area contributed by atoms with Gasteiger partial charge < -0.3 is 14.8 Å². The molecule has 1 fully saturated rings. The monoisotopic (exact) mass is 271 g/mol. The van der Waals surface area contributed by atoms with Crippen molar-refractivity contribution in [1.29, 1.82) is 0 Å². The molecule has 1 rings (SSSR count). The molecule has 0 bridgehead atoms. The maximum Gasteiger partial charge on any atom is 0.0646 e. The van der Waals surface area contributed by atoms with Gasteiger partial charge in [-0.3, -0.25) is 0 Å². The van der Waals surface area contributed by atoms with Crippen molar-refractivity contribution in [3.8, 4) is 0 Å². The number of nitrogens with one attached hydrogen (secondary N) is 1. The van der Waals surface area contributed by atoms with E-state index in [4.69, 9.17) is 9.47 Å². The zero-order valence-electron chi connectivity index (χ0n) is 13.4. The number of hydrogen-bond donors (Lipinski definition) is 1. The highest BCUT2D eigenvalue weighted by atomic mass is 16.5. The summed E-state index contributed by atoms with van der Waals surface area (Å²) in [4.78, 5) is 0. The highest BCUT2D eigenvalue weighted by molar-refractivity contribution is 4.82. The molecule has 1 N–H and O–H groups in total. The minimum Gasteiger partial charge on any atom is -0.383 e. The largest absolute Gasteiger partial charge is 0.383 e. The summed E-state index contributed by atoms with van der Waals surface area (Å²) >= 11 is 0. The van der Waals surface area contributed by atoms with Gasteiger partial charge in [0.15, 0.2) is 0 Å². The summed E-state index contributed by atoms with van der Waals surface area (Å²) in [6.07, 6.45) is 4.33. The van der Waals surface area contributed by atoms with Gasteiger partial charge in [0.1, 0.15) is 0 Å². The fourth-order valence-corrected chi connectivity index (χ4v) is 3.20. The number of rotatable bonds is 8. The van der Waals surface area contributed by atoms with E-state index < -0.39 is 0 Å². The summed E-state index contributed by atoms with van der Waals surface area (Å²) in [5.74, 6) is 2.25. The summed E-state index contributed by atoms with van der Waals surface area (Å²) in [6, 6.07) is 0.319. The van der Waals surface area contributed by atoms with Crippen molar-refractivity contribution < 1.29 is 9.47 Å². The summed E-state index contributed by atoms with van der Waals surface area (Å²) in [6.45, 7) is 11.6. The van der Waals surface area contributed by atoms with E-state index in [1.165, 1.54) is 19.3 Å². The lowest BCUT2D eigenvalue weighted by Gasteiger charge is -2.37. The van der Waals surface area contributed by atoms with Crippen LogP contribution in [-0.4, -0.2) is 39.0 Å². The summed E-state index contributed by atoms with van der Waals surface area (Å²) in [5.41, 5.74) is 0. The lowest BCUT2D eigenvalue weighted by atomic mass is 9.75. The van der Waals surface area contributed by atoms with Gasteiger partial charge in [-0.15, -0.1) is 0 Å². The number of likely N-dealkylation sites (N-methyl/N-ethyl adjacent to an activating group) is 1. The van der Waals surface area contributed by atoms with Crippen LogP contribution in [0.3, 0.4) is 0 Å². The first kappa shape index (κ1) is 16.9. The van der Waals surface area contributed by atoms with E-state index in [1.807, 2.05) is 0 Å². The molecule has 0 saturated heterocycles. The van der Waals surface area contributed by atoms with Crippen LogP contribution >= 0.6 is 0 Å². The third-order valence-electron chi connectivity index (χ3n) is 4.33. The molecule has 0 aliphatic heterocycles. The van der Waals surface area contributed by atoms with Crippen LogP contribution in [0.4, 0.5) is 0 Å². The van der Waals surface area contributed by atoms with Crippen molar-refractivity contribution in [3.63, 3.8) is 0 Å². The summed E-state index contributed by atoms with van der Waals surface area (Å²) < 4.78 is 11.5. The molecule has 4 unspecified atom stereocenters. The lowest BCUT2D eigenvalue weighted by Crippen LogP contribution is -2.41. The quantitative estimate of drug-likeness (QED) is 0.736. The van der Waals surface area contributed by atoms with Gasteiger partial charge in [-0.05, 0) is 37.1 Å². The Labute approximate surface area is 119 Å². The molecule has 0 radical (unpaired) electrons. The first-order valence-electron chi connectivity index (χ1n) is 7.92. The van der Waals surface area contributed by atoms with Crippen LogP contribution in [0.25, 0.3) is 0 Å². The average Bonchev–Trinajstić information content (AvgIpc) is 2.36. The molecule has 1 aliphatic carbocycles. The maximum atomic E-state index is 6.25. The molecule has 0 aromatic heterocycles. The van der Waals surface area contributed by atoms with E-state index in [0.29, 0.717) is 12.1 Å². The Morgan fingerprint density at radius 2 is 1.95 bits per heavy atom. The van der Waals surface area contributed by atoms with Crippen molar-refractivity contribution in [3.05, 3.63) is 0 Å². The number of hydrogen-bond acceptors (Lipinski definition) is 3. The van der Waals surface area contributed by atoms with E-state index >= 15 is 0 Å². The Morgan fingerprint density at radius 3 is 2.53 bits per heavy atom. The summed E-state index contributed by atoms with van der Waals surface area (Å²) in [5, 5.41) is 3.43. The third kappa shape index (κ3) is 5.80. The molecule has 3 nitrogen and oxygen atoms in total. The second-order valence-electron chi connectivity index (χ2n) is 6.41. The fraction of sp³-hybridized carbons (Fsp3) is 1.00. The van der Waals surface area contributed by atoms with Crippen molar-refractivity contribution in [2.75, 3.05) is 26.9 Å². The number of methoxy groups -OCH3 is 1. The Hall–Kier alpha value is -0.120. The molecule has 0 aromatic carbocycles. The Balaban J connectivity index is 2.46. The van der Waals surface area contributed by atoms with E-state index in [0.717, 1.165) is 37.5 Å². The Kier molecular flexibility index (Phi) is 7.96. The van der Waals surface area contributed by atoms with Gasteiger partial charge in [0.25, 0.3) is 0 Å². The molecule has 3 heteroatoms. The first-order valence-corrected chi connectivity index (χ1v) is 7.92. The zero-order chi connectivity index (χ0) is 14.3. The van der Waals surface area contributed by atoms with E-state index in [-0.39, 0.29) is 0 Å². The minimum absolute atomic E-state index is 0.319. The molecular weight excluding hydrogens is 238 g/mol. The average molecular weight is 271 g/mol. The first-order chi connectivity index (χ1) is 9.08. The van der Waals surface area contributed by atoms with Crippen LogP contribution in [-0.2, 0) is 9.47 Å². The molecule has 114 valence electrons. The summed E-state index contributed by atoms with van der Waals surface area (Å²) in [7, 11) is 1.75. The molecular formula is C16H33NO2. The maximum absolute atomic E-state index is 6.25. The fourth-order valence-electron chi connectivity index (χ4n) is 3.20. The van der Waals surface area contributed by atoms with Crippen LogP contribution in [0.15, 0.2) is 0 Å². The van der Waals surface area contributed by atoms with Crippen LogP contribution in [0.2, 0.25) is 0 Å². The van der Waals surface area contributed by atoms with Crippen molar-refractivity contribution in [2.45, 2.75) is 59.1 Å². The van der Waals surface area contributed by atoms with Gasteiger partial charge in [-0.25, -0.2) is 0 Å². The lowest BCUT2D eigenvalue weighted by molar-refractivity contribution is -0.0515. The van der Waals surface area contributed by atoms with Crippen molar-refractivity contribution in [1.82, 2.24) is 5.32 Å². The van der Waals surface area contributed by atoms with Crippen LogP contribution in [0.1, 0.15) is 47.0 Å². The van der Waals surface area contributed by atoms with Crippen molar-refractivity contribution in [2.24, 2.45) is 17.8 Å². The van der Waals surface area contributed by atoms with Crippen LogP contribution < -0.4 is 5.32 Å². The van der Waals surface area contributed by atoms with E-state index in [2.05, 4.69) is 33.0 Å².